The molecule has 2 N–H and O–H groups in total. The van der Waals surface area contributed by atoms with Crippen molar-refractivity contribution in [2.75, 3.05) is 6.61 Å². The highest BCUT2D eigenvalue weighted by molar-refractivity contribution is 5.27. The van der Waals surface area contributed by atoms with Crippen LogP contribution in [0.5, 0.6) is 5.75 Å². The first-order valence-corrected chi connectivity index (χ1v) is 6.17. The van der Waals surface area contributed by atoms with Crippen LogP contribution in [0, 0.1) is 6.92 Å². The smallest absolute Gasteiger partial charge is 0.138 e. The molecule has 0 unspecified atom stereocenters. The van der Waals surface area contributed by atoms with Crippen molar-refractivity contribution in [2.45, 2.75) is 45.4 Å². The minimum absolute atomic E-state index is 0.252. The van der Waals surface area contributed by atoms with Crippen molar-refractivity contribution in [3.8, 4) is 5.75 Å². The van der Waals surface area contributed by atoms with Crippen molar-refractivity contribution < 1.29 is 9.84 Å². The number of rotatable bonds is 4. The average molecular weight is 236 g/mol. The normalized spacial score (nSPS) is 21.6. The van der Waals surface area contributed by atoms with Gasteiger partial charge in [0.15, 0.2) is 0 Å². The predicted octanol–water partition coefficient (Wildman–Crippen LogP) is 1.75. The molecule has 1 aromatic rings. The summed E-state index contributed by atoms with van der Waals surface area (Å²) >= 11 is 0. The lowest BCUT2D eigenvalue weighted by atomic mass is 10.1. The Morgan fingerprint density at radius 2 is 2.41 bits per heavy atom. The first kappa shape index (κ1) is 12.3. The highest BCUT2D eigenvalue weighted by Crippen LogP contribution is 2.17. The minimum Gasteiger partial charge on any atom is -0.506 e. The standard InChI is InChI=1S/C13H20N2O2/c1-9-5-6-12(16)11(15-9)8-14-10(2)13-4-3-7-17-13/h5-6,10,13-14,16H,3-4,7-8H2,1-2H3/t10-,13-/m0/s1. The van der Waals surface area contributed by atoms with E-state index in [4.69, 9.17) is 4.74 Å². The zero-order valence-electron chi connectivity index (χ0n) is 10.4. The summed E-state index contributed by atoms with van der Waals surface area (Å²) in [7, 11) is 0. The molecule has 94 valence electrons. The third-order valence-corrected chi connectivity index (χ3v) is 3.20. The Kier molecular flexibility index (Phi) is 3.97. The molecule has 0 radical (unpaired) electrons. The van der Waals surface area contributed by atoms with Gasteiger partial charge in [0.2, 0.25) is 0 Å². The van der Waals surface area contributed by atoms with E-state index in [9.17, 15) is 5.11 Å². The quantitative estimate of drug-likeness (QED) is 0.836. The van der Waals surface area contributed by atoms with Crippen LogP contribution < -0.4 is 5.32 Å². The number of aryl methyl sites for hydroxylation is 1. The summed E-state index contributed by atoms with van der Waals surface area (Å²) in [6.07, 6.45) is 2.55. The fourth-order valence-electron chi connectivity index (χ4n) is 2.12. The van der Waals surface area contributed by atoms with Crippen LogP contribution in [0.4, 0.5) is 0 Å². The fraction of sp³-hybridized carbons (Fsp3) is 0.615. The van der Waals surface area contributed by atoms with E-state index in [2.05, 4.69) is 17.2 Å². The van der Waals surface area contributed by atoms with Gasteiger partial charge in [-0.15, -0.1) is 0 Å². The SMILES string of the molecule is Cc1ccc(O)c(CN[C@@H](C)[C@@H]2CCCO2)n1. The number of nitrogens with one attached hydrogen (secondary N) is 1. The predicted molar refractivity (Wildman–Crippen MR) is 65.9 cm³/mol. The van der Waals surface area contributed by atoms with Crippen LogP contribution in [-0.4, -0.2) is 28.8 Å². The van der Waals surface area contributed by atoms with E-state index in [-0.39, 0.29) is 5.75 Å². The highest BCUT2D eigenvalue weighted by atomic mass is 16.5. The van der Waals surface area contributed by atoms with Crippen LogP contribution in [0.2, 0.25) is 0 Å². The van der Waals surface area contributed by atoms with Gasteiger partial charge in [0.25, 0.3) is 0 Å². The Labute approximate surface area is 102 Å². The molecule has 0 aromatic carbocycles. The maximum atomic E-state index is 9.68. The molecule has 1 aliphatic heterocycles. The van der Waals surface area contributed by atoms with Gasteiger partial charge in [-0.1, -0.05) is 0 Å². The van der Waals surface area contributed by atoms with E-state index in [1.807, 2.05) is 13.0 Å². The van der Waals surface area contributed by atoms with Crippen LogP contribution in [0.15, 0.2) is 12.1 Å². The maximum absolute atomic E-state index is 9.68. The van der Waals surface area contributed by atoms with E-state index in [1.165, 1.54) is 0 Å². The summed E-state index contributed by atoms with van der Waals surface area (Å²) in [5, 5.41) is 13.0. The summed E-state index contributed by atoms with van der Waals surface area (Å²) < 4.78 is 5.61. The van der Waals surface area contributed by atoms with Gasteiger partial charge >= 0.3 is 0 Å². The van der Waals surface area contributed by atoms with Crippen molar-refractivity contribution >= 4 is 0 Å². The number of ether oxygens (including phenoxy) is 1. The van der Waals surface area contributed by atoms with Crippen LogP contribution in [0.3, 0.4) is 0 Å². The van der Waals surface area contributed by atoms with E-state index in [0.29, 0.717) is 24.4 Å². The summed E-state index contributed by atoms with van der Waals surface area (Å²) in [4.78, 5) is 4.32. The molecule has 1 fully saturated rings. The molecule has 1 saturated heterocycles. The first-order valence-electron chi connectivity index (χ1n) is 6.17. The van der Waals surface area contributed by atoms with E-state index in [1.54, 1.807) is 6.07 Å². The molecule has 17 heavy (non-hydrogen) atoms. The van der Waals surface area contributed by atoms with Gasteiger partial charge in [0.05, 0.1) is 11.8 Å². The number of aromatic nitrogens is 1. The van der Waals surface area contributed by atoms with Crippen LogP contribution in [-0.2, 0) is 11.3 Å². The Morgan fingerprint density at radius 3 is 3.12 bits per heavy atom. The molecule has 2 rings (SSSR count). The minimum atomic E-state index is 0.252. The molecule has 0 bridgehead atoms. The van der Waals surface area contributed by atoms with Gasteiger partial charge in [-0.2, -0.15) is 0 Å². The van der Waals surface area contributed by atoms with Gasteiger partial charge < -0.3 is 15.2 Å². The number of aromatic hydroxyl groups is 1. The molecule has 0 amide bonds. The molecule has 1 aliphatic rings. The lowest BCUT2D eigenvalue weighted by Crippen LogP contribution is -2.36. The van der Waals surface area contributed by atoms with E-state index < -0.39 is 0 Å². The van der Waals surface area contributed by atoms with Crippen molar-refractivity contribution in [3.05, 3.63) is 23.5 Å². The van der Waals surface area contributed by atoms with Crippen LogP contribution >= 0.6 is 0 Å². The highest BCUT2D eigenvalue weighted by Gasteiger charge is 2.22. The largest absolute Gasteiger partial charge is 0.506 e. The van der Waals surface area contributed by atoms with Gasteiger partial charge in [-0.05, 0) is 38.8 Å². The Balaban J connectivity index is 1.90. The maximum Gasteiger partial charge on any atom is 0.138 e. The Bertz CT molecular complexity index is 376. The second-order valence-electron chi connectivity index (χ2n) is 4.64. The van der Waals surface area contributed by atoms with Crippen LogP contribution in [0.1, 0.15) is 31.2 Å². The lowest BCUT2D eigenvalue weighted by molar-refractivity contribution is 0.0830. The summed E-state index contributed by atoms with van der Waals surface area (Å²) in [5.74, 6) is 0.252. The molecule has 0 saturated carbocycles. The van der Waals surface area contributed by atoms with Gasteiger partial charge in [0.1, 0.15) is 5.75 Å². The number of pyridine rings is 1. The van der Waals surface area contributed by atoms with E-state index in [0.717, 1.165) is 25.1 Å². The zero-order valence-corrected chi connectivity index (χ0v) is 10.4. The lowest BCUT2D eigenvalue weighted by Gasteiger charge is -2.20. The van der Waals surface area contributed by atoms with Crippen molar-refractivity contribution in [1.82, 2.24) is 10.3 Å². The number of nitrogens with zero attached hydrogens (tertiary/aromatic N) is 1. The molecular formula is C13H20N2O2. The second-order valence-corrected chi connectivity index (χ2v) is 4.64. The Morgan fingerprint density at radius 1 is 1.59 bits per heavy atom. The van der Waals surface area contributed by atoms with E-state index >= 15 is 0 Å². The second kappa shape index (κ2) is 5.47. The Hall–Kier alpha value is -1.13. The summed E-state index contributed by atoms with van der Waals surface area (Å²) in [6.45, 7) is 5.48. The average Bonchev–Trinajstić information content (AvgIpc) is 2.83. The number of hydrogen-bond acceptors (Lipinski definition) is 4. The molecule has 1 aromatic heterocycles. The third kappa shape index (κ3) is 3.17. The number of hydrogen-bond donors (Lipinski definition) is 2. The molecule has 4 nitrogen and oxygen atoms in total. The first-order chi connectivity index (χ1) is 8.16. The summed E-state index contributed by atoms with van der Waals surface area (Å²) in [5.41, 5.74) is 1.62. The topological polar surface area (TPSA) is 54.4 Å². The molecule has 0 aliphatic carbocycles. The monoisotopic (exact) mass is 236 g/mol. The van der Waals surface area contributed by atoms with Gasteiger partial charge in [-0.3, -0.25) is 4.98 Å². The zero-order chi connectivity index (χ0) is 12.3. The van der Waals surface area contributed by atoms with Crippen molar-refractivity contribution in [3.63, 3.8) is 0 Å². The summed E-state index contributed by atoms with van der Waals surface area (Å²) in [6, 6.07) is 3.79. The van der Waals surface area contributed by atoms with Crippen molar-refractivity contribution in [1.29, 1.82) is 0 Å². The fourth-order valence-corrected chi connectivity index (χ4v) is 2.12. The molecule has 2 heterocycles. The molecule has 4 heteroatoms. The van der Waals surface area contributed by atoms with Crippen LogP contribution in [0.25, 0.3) is 0 Å². The molecule has 0 spiro atoms. The molecule has 2 atom stereocenters. The van der Waals surface area contributed by atoms with Crippen molar-refractivity contribution in [2.24, 2.45) is 0 Å². The van der Waals surface area contributed by atoms with Gasteiger partial charge in [-0.25, -0.2) is 0 Å². The molecular weight excluding hydrogens is 216 g/mol. The van der Waals surface area contributed by atoms with Gasteiger partial charge in [0, 0.05) is 24.9 Å². The third-order valence-electron chi connectivity index (χ3n) is 3.20.